The van der Waals surface area contributed by atoms with Gasteiger partial charge in [-0.1, -0.05) is 17.7 Å². The second-order valence-electron chi connectivity index (χ2n) is 4.49. The van der Waals surface area contributed by atoms with Gasteiger partial charge in [0.15, 0.2) is 0 Å². The van der Waals surface area contributed by atoms with Crippen molar-refractivity contribution < 1.29 is 5.11 Å². The Morgan fingerprint density at radius 3 is 2.39 bits per heavy atom. The molecule has 0 aliphatic carbocycles. The summed E-state index contributed by atoms with van der Waals surface area (Å²) < 4.78 is 1.02. The fourth-order valence-electron chi connectivity index (χ4n) is 2.22. The molecule has 0 atom stereocenters. The molecule has 0 radical (unpaired) electrons. The lowest BCUT2D eigenvalue weighted by Gasteiger charge is -2.08. The summed E-state index contributed by atoms with van der Waals surface area (Å²) in [5.74, 6) is 0. The number of nitrogens with zero attached hydrogens (tertiary/aromatic N) is 1. The molecule has 1 heterocycles. The molecule has 0 bridgehead atoms. The fourth-order valence-corrected chi connectivity index (χ4v) is 3.98. The summed E-state index contributed by atoms with van der Waals surface area (Å²) in [6, 6.07) is 4.37. The van der Waals surface area contributed by atoms with Crippen molar-refractivity contribution in [2.45, 2.75) is 27.2 Å². The molecule has 0 spiro atoms. The van der Waals surface area contributed by atoms with Crippen LogP contribution in [0.3, 0.4) is 0 Å². The lowest BCUT2D eigenvalue weighted by molar-refractivity contribution is 0.298. The average Bonchev–Trinajstić information content (AvgIpc) is 2.59. The van der Waals surface area contributed by atoms with Gasteiger partial charge in [-0.05, 0) is 47.8 Å². The van der Waals surface area contributed by atoms with Crippen molar-refractivity contribution in [1.29, 1.82) is 0 Å². The predicted octanol–water partition coefficient (Wildman–Crippen LogP) is 4.03. The SMILES string of the molecule is Cc1cc(C)c(-c2nc(CCO)c(Br)s2)c(C)c1. The van der Waals surface area contributed by atoms with Gasteiger partial charge in [-0.2, -0.15) is 0 Å². The van der Waals surface area contributed by atoms with Crippen LogP contribution in [0, 0.1) is 20.8 Å². The Bertz CT molecular complexity index is 554. The third-order valence-corrected chi connectivity index (χ3v) is 4.74. The van der Waals surface area contributed by atoms with Crippen LogP contribution in [0.4, 0.5) is 0 Å². The summed E-state index contributed by atoms with van der Waals surface area (Å²) in [5, 5.41) is 10.0. The zero-order valence-corrected chi connectivity index (χ0v) is 13.2. The lowest BCUT2D eigenvalue weighted by atomic mass is 10.0. The van der Waals surface area contributed by atoms with E-state index in [0.29, 0.717) is 6.42 Å². The number of aromatic nitrogens is 1. The number of rotatable bonds is 3. The van der Waals surface area contributed by atoms with Crippen molar-refractivity contribution in [2.75, 3.05) is 6.61 Å². The van der Waals surface area contributed by atoms with E-state index in [1.165, 1.54) is 22.3 Å². The molecule has 0 unspecified atom stereocenters. The summed E-state index contributed by atoms with van der Waals surface area (Å²) in [4.78, 5) is 4.63. The Kier molecular flexibility index (Phi) is 4.20. The highest BCUT2D eigenvalue weighted by molar-refractivity contribution is 9.11. The Labute approximate surface area is 120 Å². The minimum atomic E-state index is 0.133. The quantitative estimate of drug-likeness (QED) is 0.924. The van der Waals surface area contributed by atoms with Crippen molar-refractivity contribution in [3.05, 3.63) is 38.3 Å². The molecule has 4 heteroatoms. The van der Waals surface area contributed by atoms with Gasteiger partial charge >= 0.3 is 0 Å². The Morgan fingerprint density at radius 1 is 1.22 bits per heavy atom. The van der Waals surface area contributed by atoms with Gasteiger partial charge in [0.1, 0.15) is 5.01 Å². The second kappa shape index (κ2) is 5.51. The van der Waals surface area contributed by atoms with E-state index in [9.17, 15) is 0 Å². The summed E-state index contributed by atoms with van der Waals surface area (Å²) in [5.41, 5.74) is 5.95. The molecule has 2 aromatic rings. The first-order chi connectivity index (χ1) is 8.52. The topological polar surface area (TPSA) is 33.1 Å². The third kappa shape index (κ3) is 2.66. The van der Waals surface area contributed by atoms with E-state index in [4.69, 9.17) is 5.11 Å². The van der Waals surface area contributed by atoms with E-state index in [1.807, 2.05) is 0 Å². The fraction of sp³-hybridized carbons (Fsp3) is 0.357. The van der Waals surface area contributed by atoms with Crippen LogP contribution in [-0.4, -0.2) is 16.7 Å². The van der Waals surface area contributed by atoms with Gasteiger partial charge in [-0.15, -0.1) is 11.3 Å². The molecule has 0 fully saturated rings. The average molecular weight is 326 g/mol. The van der Waals surface area contributed by atoms with Crippen molar-refractivity contribution in [3.8, 4) is 10.6 Å². The summed E-state index contributed by atoms with van der Waals surface area (Å²) >= 11 is 5.16. The number of aliphatic hydroxyl groups excluding tert-OH is 1. The first-order valence-corrected chi connectivity index (χ1v) is 7.48. The van der Waals surface area contributed by atoms with E-state index in [0.717, 1.165) is 14.5 Å². The minimum Gasteiger partial charge on any atom is -0.396 e. The van der Waals surface area contributed by atoms with E-state index < -0.39 is 0 Å². The first kappa shape index (κ1) is 13.7. The molecule has 1 N–H and O–H groups in total. The van der Waals surface area contributed by atoms with Crippen LogP contribution in [0.25, 0.3) is 10.6 Å². The van der Waals surface area contributed by atoms with Crippen LogP contribution in [-0.2, 0) is 6.42 Å². The second-order valence-corrected chi connectivity index (χ2v) is 6.80. The molecule has 0 amide bonds. The summed E-state index contributed by atoms with van der Waals surface area (Å²) in [6.07, 6.45) is 0.598. The minimum absolute atomic E-state index is 0.133. The molecule has 2 nitrogen and oxygen atoms in total. The van der Waals surface area contributed by atoms with Crippen LogP contribution < -0.4 is 0 Å². The maximum Gasteiger partial charge on any atom is 0.125 e. The van der Waals surface area contributed by atoms with Crippen molar-refractivity contribution in [2.24, 2.45) is 0 Å². The molecule has 0 saturated heterocycles. The molecular weight excluding hydrogens is 310 g/mol. The Morgan fingerprint density at radius 2 is 1.83 bits per heavy atom. The molecule has 0 aliphatic rings. The Hall–Kier alpha value is -0.710. The van der Waals surface area contributed by atoms with Crippen LogP contribution in [0.1, 0.15) is 22.4 Å². The van der Waals surface area contributed by atoms with Gasteiger partial charge in [0.25, 0.3) is 0 Å². The highest BCUT2D eigenvalue weighted by Crippen LogP contribution is 2.36. The number of aryl methyl sites for hydroxylation is 3. The van der Waals surface area contributed by atoms with Crippen LogP contribution in [0.5, 0.6) is 0 Å². The number of thiazole rings is 1. The van der Waals surface area contributed by atoms with E-state index in [-0.39, 0.29) is 6.61 Å². The van der Waals surface area contributed by atoms with Gasteiger partial charge in [0.05, 0.1) is 9.48 Å². The van der Waals surface area contributed by atoms with E-state index in [1.54, 1.807) is 11.3 Å². The van der Waals surface area contributed by atoms with Gasteiger partial charge in [0.2, 0.25) is 0 Å². The number of aliphatic hydroxyl groups is 1. The van der Waals surface area contributed by atoms with E-state index in [2.05, 4.69) is 53.8 Å². The van der Waals surface area contributed by atoms with Crippen molar-refractivity contribution >= 4 is 27.3 Å². The molecule has 18 heavy (non-hydrogen) atoms. The molecule has 2 rings (SSSR count). The molecule has 0 saturated carbocycles. The normalized spacial score (nSPS) is 10.9. The zero-order chi connectivity index (χ0) is 13.3. The van der Waals surface area contributed by atoms with Gasteiger partial charge in [-0.25, -0.2) is 4.98 Å². The predicted molar refractivity (Wildman–Crippen MR) is 80.3 cm³/mol. The van der Waals surface area contributed by atoms with Gasteiger partial charge in [0, 0.05) is 18.6 Å². The maximum absolute atomic E-state index is 9.01. The maximum atomic E-state index is 9.01. The molecule has 0 aliphatic heterocycles. The smallest absolute Gasteiger partial charge is 0.125 e. The van der Waals surface area contributed by atoms with Gasteiger partial charge in [-0.3, -0.25) is 0 Å². The number of benzene rings is 1. The summed E-state index contributed by atoms with van der Waals surface area (Å²) in [6.45, 7) is 6.49. The highest BCUT2D eigenvalue weighted by Gasteiger charge is 2.14. The molecule has 1 aromatic heterocycles. The molecule has 1 aromatic carbocycles. The van der Waals surface area contributed by atoms with Crippen molar-refractivity contribution in [3.63, 3.8) is 0 Å². The standard InChI is InChI=1S/C14H16BrNOS/c1-8-6-9(2)12(10(3)7-8)14-16-11(4-5-17)13(15)18-14/h6-7,17H,4-5H2,1-3H3. The zero-order valence-electron chi connectivity index (χ0n) is 10.7. The third-order valence-electron chi connectivity index (χ3n) is 2.89. The lowest BCUT2D eigenvalue weighted by Crippen LogP contribution is -1.93. The van der Waals surface area contributed by atoms with Crippen molar-refractivity contribution in [1.82, 2.24) is 4.98 Å². The van der Waals surface area contributed by atoms with Crippen LogP contribution >= 0.6 is 27.3 Å². The van der Waals surface area contributed by atoms with E-state index >= 15 is 0 Å². The molecule has 96 valence electrons. The summed E-state index contributed by atoms with van der Waals surface area (Å²) in [7, 11) is 0. The van der Waals surface area contributed by atoms with Crippen LogP contribution in [0.2, 0.25) is 0 Å². The number of hydrogen-bond donors (Lipinski definition) is 1. The number of hydrogen-bond acceptors (Lipinski definition) is 3. The highest BCUT2D eigenvalue weighted by atomic mass is 79.9. The number of halogens is 1. The van der Waals surface area contributed by atoms with Gasteiger partial charge < -0.3 is 5.11 Å². The first-order valence-electron chi connectivity index (χ1n) is 5.87. The monoisotopic (exact) mass is 325 g/mol. The molecular formula is C14H16BrNOS. The Balaban J connectivity index is 2.52. The largest absolute Gasteiger partial charge is 0.396 e. The van der Waals surface area contributed by atoms with Crippen LogP contribution in [0.15, 0.2) is 15.9 Å².